The van der Waals surface area contributed by atoms with Crippen LogP contribution in [0.2, 0.25) is 0 Å². The molecule has 0 radical (unpaired) electrons. The Morgan fingerprint density at radius 2 is 2.00 bits per heavy atom. The van der Waals surface area contributed by atoms with Crippen LogP contribution in [0.5, 0.6) is 0 Å². The van der Waals surface area contributed by atoms with Gasteiger partial charge in [0.15, 0.2) is 16.8 Å². The van der Waals surface area contributed by atoms with Gasteiger partial charge in [0.25, 0.3) is 11.1 Å². The number of aromatic nitrogens is 4. The van der Waals surface area contributed by atoms with E-state index in [0.717, 1.165) is 7.11 Å². The summed E-state index contributed by atoms with van der Waals surface area (Å²) < 4.78 is 4.43. The molecule has 10 nitrogen and oxygen atoms in total. The molecular formula is C11H13N5O5. The molecule has 0 amide bonds. The first-order valence-electron chi connectivity index (χ1n) is 5.84. The fraction of sp³-hybridized carbons (Fsp3) is 0.364. The zero-order valence-corrected chi connectivity index (χ0v) is 11.3. The average molecular weight is 295 g/mol. The maximum Gasteiger partial charge on any atom is 0.337 e. The van der Waals surface area contributed by atoms with Crippen LogP contribution in [0, 0.1) is 0 Å². The van der Waals surface area contributed by atoms with Crippen molar-refractivity contribution in [3.8, 4) is 0 Å². The first-order chi connectivity index (χ1) is 9.74. The van der Waals surface area contributed by atoms with Gasteiger partial charge in [0.2, 0.25) is 5.95 Å². The van der Waals surface area contributed by atoms with Crippen LogP contribution >= 0.6 is 0 Å². The number of aromatic amines is 2. The first-order valence-corrected chi connectivity index (χ1v) is 5.84. The van der Waals surface area contributed by atoms with Gasteiger partial charge in [-0.2, -0.15) is 4.98 Å². The quantitative estimate of drug-likeness (QED) is 0.474. The number of aliphatic hydroxyl groups is 1. The molecule has 10 heteroatoms. The van der Waals surface area contributed by atoms with Crippen LogP contribution in [0.4, 0.5) is 5.95 Å². The SMILES string of the molecule is COC(=O)C(C)(O)Cc1nc2c(=O)[nH]c(N)nc2[nH]c1=O. The van der Waals surface area contributed by atoms with Crippen molar-refractivity contribution in [2.75, 3.05) is 12.8 Å². The van der Waals surface area contributed by atoms with Crippen LogP contribution in [-0.4, -0.2) is 43.7 Å². The summed E-state index contributed by atoms with van der Waals surface area (Å²) in [5.74, 6) is -1.09. The second-order valence-corrected chi connectivity index (χ2v) is 4.60. The standard InChI is InChI=1S/C11H13N5O5/c1-11(20,9(19)21-2)3-4-7(17)14-6-5(13-4)8(18)16-10(12)15-6/h20H,3H2,1-2H3,(H4,12,14,15,16,17,18). The molecule has 1 unspecified atom stereocenters. The zero-order valence-electron chi connectivity index (χ0n) is 11.3. The number of H-pyrrole nitrogens is 2. The summed E-state index contributed by atoms with van der Waals surface area (Å²) in [4.78, 5) is 47.1. The number of nitrogens with one attached hydrogen (secondary N) is 2. The summed E-state index contributed by atoms with van der Waals surface area (Å²) in [6, 6.07) is 0. The van der Waals surface area contributed by atoms with Crippen molar-refractivity contribution < 1.29 is 14.6 Å². The molecular weight excluding hydrogens is 282 g/mol. The maximum absolute atomic E-state index is 11.9. The van der Waals surface area contributed by atoms with E-state index in [1.165, 1.54) is 6.92 Å². The van der Waals surface area contributed by atoms with E-state index >= 15 is 0 Å². The van der Waals surface area contributed by atoms with Crippen molar-refractivity contribution in [2.24, 2.45) is 0 Å². The highest BCUT2D eigenvalue weighted by atomic mass is 16.5. The van der Waals surface area contributed by atoms with E-state index in [9.17, 15) is 19.5 Å². The number of carbonyl (C=O) groups excluding carboxylic acids is 1. The van der Waals surface area contributed by atoms with E-state index in [0.29, 0.717) is 0 Å². The average Bonchev–Trinajstić information content (AvgIpc) is 2.39. The fourth-order valence-electron chi connectivity index (χ4n) is 1.78. The number of fused-ring (bicyclic) bond motifs is 1. The predicted molar refractivity (Wildman–Crippen MR) is 71.5 cm³/mol. The molecule has 5 N–H and O–H groups in total. The van der Waals surface area contributed by atoms with Crippen LogP contribution < -0.4 is 16.9 Å². The second-order valence-electron chi connectivity index (χ2n) is 4.60. The van der Waals surface area contributed by atoms with Crippen LogP contribution in [0.15, 0.2) is 9.59 Å². The van der Waals surface area contributed by atoms with E-state index < -0.39 is 29.1 Å². The van der Waals surface area contributed by atoms with Crippen molar-refractivity contribution >= 4 is 23.1 Å². The van der Waals surface area contributed by atoms with Gasteiger partial charge < -0.3 is 20.6 Å². The molecule has 0 aliphatic carbocycles. The van der Waals surface area contributed by atoms with Gasteiger partial charge >= 0.3 is 5.97 Å². The lowest BCUT2D eigenvalue weighted by Gasteiger charge is -2.19. The maximum atomic E-state index is 11.9. The third-order valence-corrected chi connectivity index (χ3v) is 2.79. The third kappa shape index (κ3) is 2.74. The van der Waals surface area contributed by atoms with Crippen molar-refractivity contribution in [1.29, 1.82) is 0 Å². The summed E-state index contributed by atoms with van der Waals surface area (Å²) in [6.45, 7) is 1.18. The van der Waals surface area contributed by atoms with Gasteiger partial charge in [-0.05, 0) is 6.92 Å². The summed E-state index contributed by atoms with van der Waals surface area (Å²) in [5, 5.41) is 9.96. The molecule has 1 atom stereocenters. The van der Waals surface area contributed by atoms with Gasteiger partial charge in [-0.1, -0.05) is 0 Å². The number of nitrogens with zero attached hydrogens (tertiary/aromatic N) is 2. The van der Waals surface area contributed by atoms with Crippen molar-refractivity contribution in [3.63, 3.8) is 0 Å². The number of nitrogens with two attached hydrogens (primary N) is 1. The van der Waals surface area contributed by atoms with Gasteiger partial charge in [-0.15, -0.1) is 0 Å². The molecule has 0 saturated carbocycles. The van der Waals surface area contributed by atoms with Gasteiger partial charge in [-0.3, -0.25) is 14.6 Å². The fourth-order valence-corrected chi connectivity index (χ4v) is 1.78. The lowest BCUT2D eigenvalue weighted by Crippen LogP contribution is -2.40. The van der Waals surface area contributed by atoms with Gasteiger partial charge in [0.05, 0.1) is 7.11 Å². The molecule has 0 aliphatic rings. The Labute approximate surface area is 117 Å². The number of nitrogen functional groups attached to an aromatic ring is 1. The highest BCUT2D eigenvalue weighted by Crippen LogP contribution is 2.12. The Hall–Kier alpha value is -2.75. The van der Waals surface area contributed by atoms with Crippen LogP contribution in [0.25, 0.3) is 11.2 Å². The molecule has 0 fully saturated rings. The van der Waals surface area contributed by atoms with Crippen LogP contribution in [0.1, 0.15) is 12.6 Å². The zero-order chi connectivity index (χ0) is 15.8. The number of ether oxygens (including phenoxy) is 1. The van der Waals surface area contributed by atoms with E-state index in [2.05, 4.69) is 24.7 Å². The van der Waals surface area contributed by atoms with Crippen LogP contribution in [-0.2, 0) is 16.0 Å². The van der Waals surface area contributed by atoms with Crippen LogP contribution in [0.3, 0.4) is 0 Å². The topological polar surface area (TPSA) is 164 Å². The smallest absolute Gasteiger partial charge is 0.337 e. The molecule has 0 aliphatic heterocycles. The van der Waals surface area contributed by atoms with Crippen molar-refractivity contribution in [2.45, 2.75) is 18.9 Å². The number of hydrogen-bond acceptors (Lipinski definition) is 8. The summed E-state index contributed by atoms with van der Waals surface area (Å²) in [5.41, 5.74) is 1.64. The molecule has 0 aromatic carbocycles. The highest BCUT2D eigenvalue weighted by Gasteiger charge is 2.33. The predicted octanol–water partition coefficient (Wildman–Crippen LogP) is -1.94. The monoisotopic (exact) mass is 295 g/mol. The number of rotatable bonds is 3. The minimum absolute atomic E-state index is 0.0808. The molecule has 112 valence electrons. The summed E-state index contributed by atoms with van der Waals surface area (Å²) >= 11 is 0. The minimum Gasteiger partial charge on any atom is -0.467 e. The Balaban J connectivity index is 2.56. The Morgan fingerprint density at radius 1 is 1.33 bits per heavy atom. The first kappa shape index (κ1) is 14.7. The molecule has 0 bridgehead atoms. The second kappa shape index (κ2) is 4.98. The van der Waals surface area contributed by atoms with Gasteiger partial charge in [0.1, 0.15) is 5.69 Å². The molecule has 0 saturated heterocycles. The van der Waals surface area contributed by atoms with Gasteiger partial charge in [-0.25, -0.2) is 9.78 Å². The van der Waals surface area contributed by atoms with E-state index in [1.54, 1.807) is 0 Å². The number of anilines is 1. The minimum atomic E-state index is -1.95. The molecule has 2 rings (SSSR count). The van der Waals surface area contributed by atoms with Crippen molar-refractivity contribution in [3.05, 3.63) is 26.4 Å². The highest BCUT2D eigenvalue weighted by molar-refractivity contribution is 5.79. The Bertz CT molecular complexity index is 822. The summed E-state index contributed by atoms with van der Waals surface area (Å²) in [6.07, 6.45) is -0.422. The Morgan fingerprint density at radius 3 is 2.62 bits per heavy atom. The van der Waals surface area contributed by atoms with Crippen molar-refractivity contribution in [1.82, 2.24) is 19.9 Å². The number of esters is 1. The number of hydrogen-bond donors (Lipinski definition) is 4. The molecule has 2 aromatic heterocycles. The molecule has 2 heterocycles. The number of carbonyl (C=O) groups is 1. The normalized spacial score (nSPS) is 13.9. The Kier molecular flexibility index (Phi) is 3.47. The van der Waals surface area contributed by atoms with E-state index in [-0.39, 0.29) is 22.8 Å². The molecule has 21 heavy (non-hydrogen) atoms. The largest absolute Gasteiger partial charge is 0.467 e. The van der Waals surface area contributed by atoms with Gasteiger partial charge in [0, 0.05) is 6.42 Å². The van der Waals surface area contributed by atoms with E-state index in [4.69, 9.17) is 5.73 Å². The lowest BCUT2D eigenvalue weighted by atomic mass is 10.0. The number of methoxy groups -OCH3 is 1. The lowest BCUT2D eigenvalue weighted by molar-refractivity contribution is -0.160. The summed E-state index contributed by atoms with van der Waals surface area (Å²) in [7, 11) is 1.10. The molecule has 0 spiro atoms. The third-order valence-electron chi connectivity index (χ3n) is 2.79. The molecule has 2 aromatic rings. The van der Waals surface area contributed by atoms with E-state index in [1.807, 2.05) is 0 Å².